The minimum absolute atomic E-state index is 0.0887. The third-order valence-electron chi connectivity index (χ3n) is 4.29. The number of fused-ring (bicyclic) bond motifs is 1. The molecule has 6 nitrogen and oxygen atoms in total. The number of nitrogen functional groups attached to an aromatic ring is 1. The van der Waals surface area contributed by atoms with Gasteiger partial charge in [0.15, 0.2) is 0 Å². The number of hydrogen-bond donors (Lipinski definition) is 1. The number of nitrogens with two attached hydrogens (primary N) is 1. The van der Waals surface area contributed by atoms with Crippen LogP contribution in [0.4, 0.5) is 5.82 Å². The van der Waals surface area contributed by atoms with Crippen molar-refractivity contribution in [1.82, 2.24) is 15.2 Å². The Kier molecular flexibility index (Phi) is 2.93. The lowest BCUT2D eigenvalue weighted by molar-refractivity contribution is 0.0512. The van der Waals surface area contributed by atoms with E-state index in [0.717, 1.165) is 25.4 Å². The second-order valence-electron chi connectivity index (χ2n) is 5.34. The predicted octanol–water partition coefficient (Wildman–Crippen LogP) is 1.30. The summed E-state index contributed by atoms with van der Waals surface area (Å²) in [7, 11) is 0. The van der Waals surface area contributed by atoms with Gasteiger partial charge in [-0.25, -0.2) is 4.63 Å². The molecule has 98 valence electrons. The number of rotatable bonds is 1. The Morgan fingerprint density at radius 2 is 2.00 bits per heavy atom. The van der Waals surface area contributed by atoms with E-state index < -0.39 is 0 Å². The number of carbonyl (C=O) groups excluding carboxylic acids is 1. The SMILES string of the molecule is Nc1nonc1C(=O)N1CCC2CCCCC2C1. The van der Waals surface area contributed by atoms with Gasteiger partial charge in [-0.05, 0) is 35.0 Å². The highest BCUT2D eigenvalue weighted by atomic mass is 16.6. The van der Waals surface area contributed by atoms with Gasteiger partial charge in [-0.1, -0.05) is 19.3 Å². The largest absolute Gasteiger partial charge is 0.379 e. The van der Waals surface area contributed by atoms with E-state index in [1.807, 2.05) is 4.90 Å². The molecule has 2 unspecified atom stereocenters. The van der Waals surface area contributed by atoms with E-state index in [9.17, 15) is 4.79 Å². The third-order valence-corrected chi connectivity index (χ3v) is 4.29. The number of piperidine rings is 1. The fourth-order valence-corrected chi connectivity index (χ4v) is 3.28. The molecule has 2 N–H and O–H groups in total. The van der Waals surface area contributed by atoms with Crippen molar-refractivity contribution >= 4 is 11.7 Å². The van der Waals surface area contributed by atoms with Gasteiger partial charge in [0.25, 0.3) is 5.91 Å². The molecule has 2 fully saturated rings. The molecule has 1 aliphatic heterocycles. The Morgan fingerprint density at radius 3 is 2.72 bits per heavy atom. The Bertz CT molecular complexity index is 445. The number of hydrogen-bond acceptors (Lipinski definition) is 5. The van der Waals surface area contributed by atoms with Gasteiger partial charge in [-0.15, -0.1) is 0 Å². The lowest BCUT2D eigenvalue weighted by Crippen LogP contribution is -2.45. The molecule has 2 atom stereocenters. The van der Waals surface area contributed by atoms with Gasteiger partial charge in [0.1, 0.15) is 0 Å². The first-order chi connectivity index (χ1) is 8.75. The standard InChI is InChI=1S/C12H18N4O2/c13-11-10(14-18-15-11)12(17)16-6-5-8-3-1-2-4-9(8)7-16/h8-9H,1-7H2,(H2,13,15). The molecule has 0 spiro atoms. The Morgan fingerprint density at radius 1 is 1.22 bits per heavy atom. The first-order valence-corrected chi connectivity index (χ1v) is 6.63. The molecule has 1 saturated carbocycles. The highest BCUT2D eigenvalue weighted by molar-refractivity contribution is 5.96. The van der Waals surface area contributed by atoms with Crippen LogP contribution in [0.5, 0.6) is 0 Å². The quantitative estimate of drug-likeness (QED) is 0.812. The van der Waals surface area contributed by atoms with Crippen LogP contribution in [0.15, 0.2) is 4.63 Å². The molecule has 0 radical (unpaired) electrons. The minimum atomic E-state index is -0.141. The van der Waals surface area contributed by atoms with Crippen LogP contribution in [0.25, 0.3) is 0 Å². The Hall–Kier alpha value is -1.59. The van der Waals surface area contributed by atoms with Crippen molar-refractivity contribution in [2.45, 2.75) is 32.1 Å². The summed E-state index contributed by atoms with van der Waals surface area (Å²) < 4.78 is 4.49. The minimum Gasteiger partial charge on any atom is -0.379 e. The average molecular weight is 250 g/mol. The van der Waals surface area contributed by atoms with Crippen LogP contribution in [-0.4, -0.2) is 34.2 Å². The number of likely N-dealkylation sites (tertiary alicyclic amines) is 1. The van der Waals surface area contributed by atoms with Gasteiger partial charge in [0, 0.05) is 13.1 Å². The molecule has 3 rings (SSSR count). The van der Waals surface area contributed by atoms with Crippen molar-refractivity contribution in [3.63, 3.8) is 0 Å². The van der Waals surface area contributed by atoms with E-state index in [-0.39, 0.29) is 17.4 Å². The van der Waals surface area contributed by atoms with E-state index in [1.54, 1.807) is 0 Å². The van der Waals surface area contributed by atoms with Crippen molar-refractivity contribution in [3.05, 3.63) is 5.69 Å². The van der Waals surface area contributed by atoms with Gasteiger partial charge in [-0.3, -0.25) is 4.79 Å². The Labute approximate surface area is 105 Å². The number of carbonyl (C=O) groups is 1. The van der Waals surface area contributed by atoms with Crippen LogP contribution in [0.1, 0.15) is 42.6 Å². The first kappa shape index (κ1) is 11.5. The van der Waals surface area contributed by atoms with Crippen LogP contribution in [0, 0.1) is 11.8 Å². The van der Waals surface area contributed by atoms with E-state index in [0.29, 0.717) is 5.92 Å². The average Bonchev–Trinajstić information content (AvgIpc) is 2.83. The molecule has 2 heterocycles. The molecule has 2 aliphatic rings. The summed E-state index contributed by atoms with van der Waals surface area (Å²) in [5.74, 6) is 1.40. The van der Waals surface area contributed by atoms with E-state index in [1.165, 1.54) is 25.7 Å². The summed E-state index contributed by atoms with van der Waals surface area (Å²) in [4.78, 5) is 14.1. The third kappa shape index (κ3) is 1.95. The number of nitrogens with zero attached hydrogens (tertiary/aromatic N) is 3. The molecule has 1 aromatic heterocycles. The van der Waals surface area contributed by atoms with Crippen molar-refractivity contribution in [2.24, 2.45) is 11.8 Å². The highest BCUT2D eigenvalue weighted by Gasteiger charge is 2.34. The molecule has 1 amide bonds. The molecule has 1 aromatic rings. The van der Waals surface area contributed by atoms with Crippen LogP contribution in [0.2, 0.25) is 0 Å². The molecule has 0 bridgehead atoms. The van der Waals surface area contributed by atoms with Crippen molar-refractivity contribution in [3.8, 4) is 0 Å². The van der Waals surface area contributed by atoms with E-state index in [4.69, 9.17) is 5.73 Å². The zero-order valence-electron chi connectivity index (χ0n) is 10.3. The Balaban J connectivity index is 1.70. The smallest absolute Gasteiger partial charge is 0.280 e. The van der Waals surface area contributed by atoms with Crippen LogP contribution >= 0.6 is 0 Å². The lowest BCUT2D eigenvalue weighted by atomic mass is 9.75. The topological polar surface area (TPSA) is 85.2 Å². The molecule has 6 heteroatoms. The second kappa shape index (κ2) is 4.59. The highest BCUT2D eigenvalue weighted by Crippen LogP contribution is 2.36. The van der Waals surface area contributed by atoms with Gasteiger partial charge in [0.2, 0.25) is 11.5 Å². The molecule has 0 aromatic carbocycles. The zero-order chi connectivity index (χ0) is 12.5. The van der Waals surface area contributed by atoms with Gasteiger partial charge >= 0.3 is 0 Å². The van der Waals surface area contributed by atoms with Crippen molar-refractivity contribution < 1.29 is 9.42 Å². The van der Waals surface area contributed by atoms with Gasteiger partial charge in [-0.2, -0.15) is 0 Å². The van der Waals surface area contributed by atoms with Crippen molar-refractivity contribution in [1.29, 1.82) is 0 Å². The maximum Gasteiger partial charge on any atom is 0.280 e. The van der Waals surface area contributed by atoms with Crippen LogP contribution in [0.3, 0.4) is 0 Å². The van der Waals surface area contributed by atoms with Crippen LogP contribution < -0.4 is 5.73 Å². The first-order valence-electron chi connectivity index (χ1n) is 6.63. The number of aromatic nitrogens is 2. The lowest BCUT2D eigenvalue weighted by Gasteiger charge is -2.41. The predicted molar refractivity (Wildman–Crippen MR) is 64.7 cm³/mol. The summed E-state index contributed by atoms with van der Waals surface area (Å²) in [6.07, 6.45) is 6.29. The van der Waals surface area contributed by atoms with Gasteiger partial charge in [0.05, 0.1) is 0 Å². The summed E-state index contributed by atoms with van der Waals surface area (Å²) >= 11 is 0. The van der Waals surface area contributed by atoms with E-state index >= 15 is 0 Å². The normalized spacial score (nSPS) is 27.9. The second-order valence-corrected chi connectivity index (χ2v) is 5.34. The molecule has 18 heavy (non-hydrogen) atoms. The molecular formula is C12H18N4O2. The summed E-state index contributed by atoms with van der Waals surface area (Å²) in [6.45, 7) is 1.63. The zero-order valence-corrected chi connectivity index (χ0v) is 10.3. The maximum atomic E-state index is 12.2. The maximum absolute atomic E-state index is 12.2. The molecular weight excluding hydrogens is 232 g/mol. The number of amides is 1. The summed E-state index contributed by atoms with van der Waals surface area (Å²) in [5, 5.41) is 7.05. The fourth-order valence-electron chi connectivity index (χ4n) is 3.28. The monoisotopic (exact) mass is 250 g/mol. The molecule has 1 saturated heterocycles. The van der Waals surface area contributed by atoms with Crippen molar-refractivity contribution in [2.75, 3.05) is 18.8 Å². The molecule has 1 aliphatic carbocycles. The van der Waals surface area contributed by atoms with Gasteiger partial charge < -0.3 is 10.6 Å². The fraction of sp³-hybridized carbons (Fsp3) is 0.750. The number of anilines is 1. The summed E-state index contributed by atoms with van der Waals surface area (Å²) in [5.41, 5.74) is 5.72. The van der Waals surface area contributed by atoms with Crippen LogP contribution in [-0.2, 0) is 0 Å². The summed E-state index contributed by atoms with van der Waals surface area (Å²) in [6, 6.07) is 0. The van der Waals surface area contributed by atoms with E-state index in [2.05, 4.69) is 14.9 Å².